The van der Waals surface area contributed by atoms with Crippen LogP contribution in [0.2, 0.25) is 5.02 Å². The molecule has 0 fully saturated rings. The van der Waals surface area contributed by atoms with Crippen molar-refractivity contribution in [3.63, 3.8) is 0 Å². The lowest BCUT2D eigenvalue weighted by Crippen LogP contribution is -2.22. The van der Waals surface area contributed by atoms with Crippen LogP contribution in [0.4, 0.5) is 11.4 Å². The van der Waals surface area contributed by atoms with Crippen molar-refractivity contribution in [2.75, 3.05) is 32.0 Å². The van der Waals surface area contributed by atoms with E-state index in [0.717, 1.165) is 4.90 Å². The molecule has 3 aromatic rings. The van der Waals surface area contributed by atoms with Gasteiger partial charge in [0.2, 0.25) is 5.91 Å². The number of hydrogen-bond acceptors (Lipinski definition) is 6. The summed E-state index contributed by atoms with van der Waals surface area (Å²) in [6.45, 7) is 1.82. The van der Waals surface area contributed by atoms with E-state index >= 15 is 0 Å². The van der Waals surface area contributed by atoms with Gasteiger partial charge in [-0.25, -0.2) is 0 Å². The van der Waals surface area contributed by atoms with Crippen molar-refractivity contribution in [3.05, 3.63) is 71.2 Å². The second-order valence-electron chi connectivity index (χ2n) is 7.15. The molecular formula is C25H25ClN2O5S. The molecule has 0 saturated heterocycles. The van der Waals surface area contributed by atoms with Gasteiger partial charge in [0, 0.05) is 21.8 Å². The van der Waals surface area contributed by atoms with Crippen LogP contribution in [-0.4, -0.2) is 38.4 Å². The lowest BCUT2D eigenvalue weighted by molar-refractivity contribution is -0.115. The molecule has 9 heteroatoms. The highest BCUT2D eigenvalue weighted by atomic mass is 35.5. The lowest BCUT2D eigenvalue weighted by Gasteiger charge is -2.13. The summed E-state index contributed by atoms with van der Waals surface area (Å²) in [5.41, 5.74) is 1.67. The minimum absolute atomic E-state index is 0.155. The van der Waals surface area contributed by atoms with Crippen molar-refractivity contribution < 1.29 is 23.8 Å². The number of amides is 2. The number of nitrogens with one attached hydrogen (secondary N) is 2. The molecule has 0 aliphatic rings. The number of halogens is 1. The van der Waals surface area contributed by atoms with E-state index in [9.17, 15) is 9.59 Å². The van der Waals surface area contributed by atoms with Crippen molar-refractivity contribution in [1.82, 2.24) is 0 Å². The molecule has 178 valence electrons. The van der Waals surface area contributed by atoms with Gasteiger partial charge in [-0.15, -0.1) is 11.8 Å². The van der Waals surface area contributed by atoms with Crippen LogP contribution in [0.3, 0.4) is 0 Å². The summed E-state index contributed by atoms with van der Waals surface area (Å²) in [7, 11) is 4.59. The fraction of sp³-hybridized carbons (Fsp3) is 0.200. The van der Waals surface area contributed by atoms with E-state index in [0.29, 0.717) is 39.2 Å². The average Bonchev–Trinajstić information content (AvgIpc) is 2.84. The Morgan fingerprint density at radius 1 is 0.794 bits per heavy atom. The van der Waals surface area contributed by atoms with Crippen LogP contribution < -0.4 is 24.8 Å². The molecule has 0 aliphatic carbocycles. The molecule has 0 radical (unpaired) electrons. The van der Waals surface area contributed by atoms with Gasteiger partial charge in [0.25, 0.3) is 5.91 Å². The van der Waals surface area contributed by atoms with Gasteiger partial charge in [-0.3, -0.25) is 9.59 Å². The van der Waals surface area contributed by atoms with Crippen molar-refractivity contribution in [1.29, 1.82) is 0 Å². The van der Waals surface area contributed by atoms with Crippen LogP contribution in [0.1, 0.15) is 17.3 Å². The third-order valence-corrected chi connectivity index (χ3v) is 6.27. The Balaban J connectivity index is 1.58. The maximum Gasteiger partial charge on any atom is 0.255 e. The van der Waals surface area contributed by atoms with Crippen LogP contribution in [-0.2, 0) is 4.79 Å². The van der Waals surface area contributed by atoms with Crippen LogP contribution in [0.25, 0.3) is 0 Å². The molecule has 3 aromatic carbocycles. The Labute approximate surface area is 207 Å². The van der Waals surface area contributed by atoms with E-state index in [1.54, 1.807) is 48.5 Å². The molecule has 0 heterocycles. The Bertz CT molecular complexity index is 1170. The second kappa shape index (κ2) is 11.7. The minimum atomic E-state index is -0.354. The SMILES string of the molecule is COc1ccc(NC(=O)C(C)Sc2ccc(NC(=O)c3ccc(OC)c(OC)c3)cc2)cc1Cl. The zero-order chi connectivity index (χ0) is 24.7. The van der Waals surface area contributed by atoms with Crippen LogP contribution in [0.5, 0.6) is 17.2 Å². The average molecular weight is 501 g/mol. The number of anilines is 2. The summed E-state index contributed by atoms with van der Waals surface area (Å²) in [5.74, 6) is 1.14. The number of ether oxygens (including phenoxy) is 3. The Kier molecular flexibility index (Phi) is 8.67. The van der Waals surface area contributed by atoms with Gasteiger partial charge >= 0.3 is 0 Å². The molecule has 7 nitrogen and oxygen atoms in total. The number of methoxy groups -OCH3 is 3. The highest BCUT2D eigenvalue weighted by Gasteiger charge is 2.16. The third-order valence-electron chi connectivity index (χ3n) is 4.86. The highest BCUT2D eigenvalue weighted by molar-refractivity contribution is 8.00. The summed E-state index contributed by atoms with van der Waals surface area (Å²) >= 11 is 7.52. The summed E-state index contributed by atoms with van der Waals surface area (Å²) in [5, 5.41) is 5.77. The third kappa shape index (κ3) is 6.36. The van der Waals surface area contributed by atoms with E-state index < -0.39 is 0 Å². The summed E-state index contributed by atoms with van der Waals surface area (Å²) in [6.07, 6.45) is 0. The van der Waals surface area contributed by atoms with Gasteiger partial charge in [-0.05, 0) is 67.6 Å². The Morgan fingerprint density at radius 3 is 2.03 bits per heavy atom. The quantitative estimate of drug-likeness (QED) is 0.364. The number of hydrogen-bond donors (Lipinski definition) is 2. The van der Waals surface area contributed by atoms with Gasteiger partial charge in [0.1, 0.15) is 5.75 Å². The monoisotopic (exact) mass is 500 g/mol. The molecule has 0 spiro atoms. The molecule has 0 bridgehead atoms. The first-order valence-corrected chi connectivity index (χ1v) is 11.5. The fourth-order valence-electron chi connectivity index (χ4n) is 3.04. The fourth-order valence-corrected chi connectivity index (χ4v) is 4.17. The van der Waals surface area contributed by atoms with E-state index in [1.807, 2.05) is 19.1 Å². The Morgan fingerprint density at radius 2 is 1.41 bits per heavy atom. The Hall–Kier alpha value is -3.36. The van der Waals surface area contributed by atoms with Crippen molar-refractivity contribution in [2.24, 2.45) is 0 Å². The smallest absolute Gasteiger partial charge is 0.255 e. The van der Waals surface area contributed by atoms with Crippen molar-refractivity contribution >= 4 is 46.6 Å². The lowest BCUT2D eigenvalue weighted by atomic mass is 10.2. The van der Waals surface area contributed by atoms with Gasteiger partial charge in [0.05, 0.1) is 31.6 Å². The molecule has 0 aromatic heterocycles. The maximum atomic E-state index is 12.6. The maximum absolute atomic E-state index is 12.6. The molecule has 3 rings (SSSR count). The second-order valence-corrected chi connectivity index (χ2v) is 8.97. The van der Waals surface area contributed by atoms with Crippen LogP contribution >= 0.6 is 23.4 Å². The molecule has 2 N–H and O–H groups in total. The first-order chi connectivity index (χ1) is 16.3. The van der Waals surface area contributed by atoms with E-state index in [4.69, 9.17) is 25.8 Å². The van der Waals surface area contributed by atoms with E-state index in [2.05, 4.69) is 10.6 Å². The number of carbonyl (C=O) groups is 2. The largest absolute Gasteiger partial charge is 0.495 e. The van der Waals surface area contributed by atoms with E-state index in [-0.39, 0.29) is 17.1 Å². The van der Waals surface area contributed by atoms with Gasteiger partial charge < -0.3 is 24.8 Å². The highest BCUT2D eigenvalue weighted by Crippen LogP contribution is 2.30. The predicted molar refractivity (Wildman–Crippen MR) is 136 cm³/mol. The van der Waals surface area contributed by atoms with Crippen LogP contribution in [0, 0.1) is 0 Å². The topological polar surface area (TPSA) is 85.9 Å². The molecule has 34 heavy (non-hydrogen) atoms. The number of carbonyl (C=O) groups excluding carboxylic acids is 2. The van der Waals surface area contributed by atoms with Crippen molar-refractivity contribution in [3.8, 4) is 17.2 Å². The zero-order valence-electron chi connectivity index (χ0n) is 19.2. The van der Waals surface area contributed by atoms with E-state index in [1.165, 1.54) is 33.1 Å². The van der Waals surface area contributed by atoms with Crippen LogP contribution in [0.15, 0.2) is 65.6 Å². The summed E-state index contributed by atoms with van der Waals surface area (Å²) in [4.78, 5) is 26.0. The standard InChI is InChI=1S/C25H25ClN2O5S/c1-15(24(29)28-18-8-12-21(31-2)20(26)14-18)34-19-9-6-17(7-10-19)27-25(30)16-5-11-22(32-3)23(13-16)33-4/h5-15H,1-4H3,(H,27,30)(H,28,29). The molecule has 2 amide bonds. The minimum Gasteiger partial charge on any atom is -0.495 e. The first-order valence-electron chi connectivity index (χ1n) is 10.3. The molecule has 0 saturated carbocycles. The van der Waals surface area contributed by atoms with Gasteiger partial charge in [-0.2, -0.15) is 0 Å². The molecular weight excluding hydrogens is 476 g/mol. The van der Waals surface area contributed by atoms with Gasteiger partial charge in [0.15, 0.2) is 11.5 Å². The van der Waals surface area contributed by atoms with Gasteiger partial charge in [-0.1, -0.05) is 11.6 Å². The molecule has 0 aliphatic heterocycles. The van der Waals surface area contributed by atoms with Crippen molar-refractivity contribution in [2.45, 2.75) is 17.1 Å². The number of thioether (sulfide) groups is 1. The first kappa shape index (κ1) is 25.3. The zero-order valence-corrected chi connectivity index (χ0v) is 20.8. The predicted octanol–water partition coefficient (Wildman–Crippen LogP) is 5.74. The summed E-state index contributed by atoms with van der Waals surface area (Å²) in [6, 6.07) is 17.3. The molecule has 1 unspecified atom stereocenters. The normalized spacial score (nSPS) is 11.3. The summed E-state index contributed by atoms with van der Waals surface area (Å²) < 4.78 is 15.6. The molecule has 1 atom stereocenters. The number of rotatable bonds is 9. The number of benzene rings is 3.